The molecule has 1 aromatic carbocycles. The first-order chi connectivity index (χ1) is 8.15. The van der Waals surface area contributed by atoms with E-state index in [1.54, 1.807) is 12.1 Å². The molecule has 1 saturated heterocycles. The molecule has 1 aromatic rings. The average molecular weight is 233 g/mol. The SMILES string of the molecule is CN1CCC(C(=O)Nc2ccc(N)cc2)CC1. The number of rotatable bonds is 2. The molecule has 3 N–H and O–H groups in total. The van der Waals surface area contributed by atoms with Crippen LogP contribution in [0, 0.1) is 5.92 Å². The van der Waals surface area contributed by atoms with Crippen molar-refractivity contribution in [2.75, 3.05) is 31.2 Å². The van der Waals surface area contributed by atoms with Gasteiger partial charge in [-0.3, -0.25) is 4.79 Å². The third-order valence-electron chi connectivity index (χ3n) is 3.27. The molecule has 1 aliphatic rings. The number of hydrogen-bond donors (Lipinski definition) is 2. The van der Waals surface area contributed by atoms with Gasteiger partial charge in [-0.25, -0.2) is 0 Å². The number of nitrogens with zero attached hydrogens (tertiary/aromatic N) is 1. The Labute approximate surface area is 102 Å². The molecule has 1 aliphatic heterocycles. The number of anilines is 2. The van der Waals surface area contributed by atoms with Gasteiger partial charge in [0, 0.05) is 17.3 Å². The molecule has 4 nitrogen and oxygen atoms in total. The number of piperidine rings is 1. The number of carbonyl (C=O) groups is 1. The lowest BCUT2D eigenvalue weighted by Gasteiger charge is -2.28. The Bertz CT molecular complexity index is 380. The number of benzene rings is 1. The summed E-state index contributed by atoms with van der Waals surface area (Å²) in [6, 6.07) is 7.26. The monoisotopic (exact) mass is 233 g/mol. The van der Waals surface area contributed by atoms with E-state index in [4.69, 9.17) is 5.73 Å². The van der Waals surface area contributed by atoms with E-state index in [0.29, 0.717) is 5.69 Å². The lowest BCUT2D eigenvalue weighted by molar-refractivity contribution is -0.121. The summed E-state index contributed by atoms with van der Waals surface area (Å²) < 4.78 is 0. The predicted molar refractivity (Wildman–Crippen MR) is 69.7 cm³/mol. The molecular weight excluding hydrogens is 214 g/mol. The molecule has 0 unspecified atom stereocenters. The first-order valence-corrected chi connectivity index (χ1v) is 6.00. The fourth-order valence-electron chi connectivity index (χ4n) is 2.08. The molecule has 0 bridgehead atoms. The highest BCUT2D eigenvalue weighted by Gasteiger charge is 2.23. The standard InChI is InChI=1S/C13H19N3O/c1-16-8-6-10(7-9-16)13(17)15-12-4-2-11(14)3-5-12/h2-5,10H,6-9,14H2,1H3,(H,15,17). The molecule has 1 amide bonds. The van der Waals surface area contributed by atoms with Crippen molar-refractivity contribution < 1.29 is 4.79 Å². The molecule has 0 saturated carbocycles. The smallest absolute Gasteiger partial charge is 0.227 e. The minimum Gasteiger partial charge on any atom is -0.399 e. The number of nitrogen functional groups attached to an aromatic ring is 1. The summed E-state index contributed by atoms with van der Waals surface area (Å²) in [5.41, 5.74) is 7.13. The normalized spacial score (nSPS) is 17.9. The van der Waals surface area contributed by atoms with E-state index in [0.717, 1.165) is 31.6 Å². The van der Waals surface area contributed by atoms with Gasteiger partial charge in [0.2, 0.25) is 5.91 Å². The zero-order chi connectivity index (χ0) is 12.3. The molecular formula is C13H19N3O. The quantitative estimate of drug-likeness (QED) is 0.762. The highest BCUT2D eigenvalue weighted by atomic mass is 16.1. The van der Waals surface area contributed by atoms with E-state index in [1.165, 1.54) is 0 Å². The maximum atomic E-state index is 12.0. The Hall–Kier alpha value is -1.55. The zero-order valence-electron chi connectivity index (χ0n) is 10.1. The number of nitrogens with one attached hydrogen (secondary N) is 1. The van der Waals surface area contributed by atoms with Gasteiger partial charge in [0.25, 0.3) is 0 Å². The third-order valence-corrected chi connectivity index (χ3v) is 3.27. The van der Waals surface area contributed by atoms with Gasteiger partial charge < -0.3 is 16.0 Å². The first kappa shape index (κ1) is 11.9. The summed E-state index contributed by atoms with van der Waals surface area (Å²) in [6.45, 7) is 2.00. The van der Waals surface area contributed by atoms with Crippen LogP contribution in [0.4, 0.5) is 11.4 Å². The van der Waals surface area contributed by atoms with Crippen molar-refractivity contribution in [1.82, 2.24) is 4.90 Å². The summed E-state index contributed by atoms with van der Waals surface area (Å²) in [4.78, 5) is 14.3. The molecule has 0 spiro atoms. The second kappa shape index (κ2) is 5.19. The molecule has 0 aliphatic carbocycles. The van der Waals surface area contributed by atoms with Gasteiger partial charge in [-0.2, -0.15) is 0 Å². The van der Waals surface area contributed by atoms with Crippen LogP contribution in [-0.4, -0.2) is 30.9 Å². The van der Waals surface area contributed by atoms with E-state index >= 15 is 0 Å². The van der Waals surface area contributed by atoms with E-state index < -0.39 is 0 Å². The Balaban J connectivity index is 1.90. The van der Waals surface area contributed by atoms with Crippen LogP contribution in [0.15, 0.2) is 24.3 Å². The van der Waals surface area contributed by atoms with Gasteiger partial charge in [0.1, 0.15) is 0 Å². The topological polar surface area (TPSA) is 58.4 Å². The fourth-order valence-corrected chi connectivity index (χ4v) is 2.08. The second-order valence-corrected chi connectivity index (χ2v) is 4.69. The van der Waals surface area contributed by atoms with Crippen LogP contribution in [0.5, 0.6) is 0 Å². The van der Waals surface area contributed by atoms with E-state index in [2.05, 4.69) is 17.3 Å². The number of hydrogen-bond acceptors (Lipinski definition) is 3. The number of likely N-dealkylation sites (tertiary alicyclic amines) is 1. The van der Waals surface area contributed by atoms with Crippen molar-refractivity contribution in [2.24, 2.45) is 5.92 Å². The lowest BCUT2D eigenvalue weighted by atomic mass is 9.96. The molecule has 0 radical (unpaired) electrons. The van der Waals surface area contributed by atoms with Crippen LogP contribution in [0.25, 0.3) is 0 Å². The Morgan fingerprint density at radius 1 is 1.29 bits per heavy atom. The van der Waals surface area contributed by atoms with Crippen molar-refractivity contribution in [3.8, 4) is 0 Å². The average Bonchev–Trinajstić information content (AvgIpc) is 2.33. The van der Waals surface area contributed by atoms with Crippen LogP contribution in [0.2, 0.25) is 0 Å². The van der Waals surface area contributed by atoms with Crippen LogP contribution in [0.3, 0.4) is 0 Å². The fraction of sp³-hybridized carbons (Fsp3) is 0.462. The Morgan fingerprint density at radius 3 is 2.47 bits per heavy atom. The minimum absolute atomic E-state index is 0.128. The van der Waals surface area contributed by atoms with Gasteiger partial charge in [0.15, 0.2) is 0 Å². The Kier molecular flexibility index (Phi) is 3.64. The van der Waals surface area contributed by atoms with Crippen molar-refractivity contribution in [3.63, 3.8) is 0 Å². The number of carbonyl (C=O) groups excluding carboxylic acids is 1. The van der Waals surface area contributed by atoms with Gasteiger partial charge in [-0.15, -0.1) is 0 Å². The van der Waals surface area contributed by atoms with Crippen molar-refractivity contribution in [1.29, 1.82) is 0 Å². The molecule has 92 valence electrons. The summed E-state index contributed by atoms with van der Waals surface area (Å²) in [5, 5.41) is 2.94. The van der Waals surface area contributed by atoms with E-state index in [-0.39, 0.29) is 11.8 Å². The van der Waals surface area contributed by atoms with Crippen LogP contribution in [0.1, 0.15) is 12.8 Å². The molecule has 1 fully saturated rings. The van der Waals surface area contributed by atoms with Crippen molar-refractivity contribution in [2.45, 2.75) is 12.8 Å². The highest BCUT2D eigenvalue weighted by Crippen LogP contribution is 2.19. The summed E-state index contributed by atoms with van der Waals surface area (Å²) in [6.07, 6.45) is 1.88. The van der Waals surface area contributed by atoms with Gasteiger partial charge in [-0.05, 0) is 57.2 Å². The summed E-state index contributed by atoms with van der Waals surface area (Å²) in [5.74, 6) is 0.270. The maximum absolute atomic E-state index is 12.0. The van der Waals surface area contributed by atoms with Crippen LogP contribution in [-0.2, 0) is 4.79 Å². The van der Waals surface area contributed by atoms with E-state index in [9.17, 15) is 4.79 Å². The maximum Gasteiger partial charge on any atom is 0.227 e. The molecule has 2 rings (SSSR count). The minimum atomic E-state index is 0.128. The van der Waals surface area contributed by atoms with Crippen LogP contribution >= 0.6 is 0 Å². The van der Waals surface area contributed by atoms with Gasteiger partial charge >= 0.3 is 0 Å². The van der Waals surface area contributed by atoms with Crippen molar-refractivity contribution in [3.05, 3.63) is 24.3 Å². The highest BCUT2D eigenvalue weighted by molar-refractivity contribution is 5.92. The predicted octanol–water partition coefficient (Wildman–Crippen LogP) is 1.55. The van der Waals surface area contributed by atoms with Gasteiger partial charge in [-0.1, -0.05) is 0 Å². The number of nitrogens with two attached hydrogens (primary N) is 1. The Morgan fingerprint density at radius 2 is 1.88 bits per heavy atom. The molecule has 4 heteroatoms. The van der Waals surface area contributed by atoms with Crippen molar-refractivity contribution >= 4 is 17.3 Å². The lowest BCUT2D eigenvalue weighted by Crippen LogP contribution is -2.35. The molecule has 1 heterocycles. The summed E-state index contributed by atoms with van der Waals surface area (Å²) >= 11 is 0. The zero-order valence-corrected chi connectivity index (χ0v) is 10.1. The van der Waals surface area contributed by atoms with Crippen LogP contribution < -0.4 is 11.1 Å². The van der Waals surface area contributed by atoms with E-state index in [1.807, 2.05) is 12.1 Å². The number of amides is 1. The van der Waals surface area contributed by atoms with Gasteiger partial charge in [0.05, 0.1) is 0 Å². The largest absolute Gasteiger partial charge is 0.399 e. The second-order valence-electron chi connectivity index (χ2n) is 4.69. The molecule has 0 aromatic heterocycles. The molecule has 0 atom stereocenters. The summed E-state index contributed by atoms with van der Waals surface area (Å²) in [7, 11) is 2.09. The first-order valence-electron chi connectivity index (χ1n) is 6.00. The third kappa shape index (κ3) is 3.20. The molecule has 17 heavy (non-hydrogen) atoms.